The maximum atomic E-state index is 12.0. The first-order valence-corrected chi connectivity index (χ1v) is 7.66. The molecule has 8 nitrogen and oxygen atoms in total. The van der Waals surface area contributed by atoms with Gasteiger partial charge in [-0.05, 0) is 48.0 Å². The van der Waals surface area contributed by atoms with Crippen LogP contribution in [0.1, 0.15) is 32.1 Å². The number of halogens is 1. The topological polar surface area (TPSA) is 108 Å². The molecule has 3 N–H and O–H groups in total. The molecule has 132 valence electrons. The molecule has 1 aromatic carbocycles. The fourth-order valence-corrected chi connectivity index (χ4v) is 2.23. The van der Waals surface area contributed by atoms with Gasteiger partial charge in [-0.1, -0.05) is 12.8 Å². The number of nitrogens with one attached hydrogen (secondary N) is 1. The van der Waals surface area contributed by atoms with Crippen molar-refractivity contribution in [2.45, 2.75) is 32.1 Å². The molecule has 1 amide bonds. The first-order chi connectivity index (χ1) is 11.2. The Morgan fingerprint density at radius 2 is 2.08 bits per heavy atom. The quantitative estimate of drug-likeness (QED) is 0.666. The number of nitrogens with two attached hydrogens (primary N) is 1. The van der Waals surface area contributed by atoms with Crippen LogP contribution in [-0.2, 0) is 4.79 Å². The Morgan fingerprint density at radius 1 is 1.29 bits per heavy atom. The van der Waals surface area contributed by atoms with Crippen molar-refractivity contribution < 1.29 is 9.53 Å². The predicted octanol–water partition coefficient (Wildman–Crippen LogP) is 1.94. The van der Waals surface area contributed by atoms with Crippen LogP contribution in [0.3, 0.4) is 0 Å². The van der Waals surface area contributed by atoms with E-state index in [1.54, 1.807) is 25.3 Å². The number of amides is 1. The average molecular weight is 355 g/mol. The van der Waals surface area contributed by atoms with E-state index in [-0.39, 0.29) is 18.3 Å². The number of carbonyl (C=O) groups is 1. The third-order valence-corrected chi connectivity index (χ3v) is 3.42. The van der Waals surface area contributed by atoms with Gasteiger partial charge in [0.15, 0.2) is 0 Å². The summed E-state index contributed by atoms with van der Waals surface area (Å²) in [6, 6.07) is 5.34. The summed E-state index contributed by atoms with van der Waals surface area (Å²) in [7, 11) is 1.57. The maximum absolute atomic E-state index is 12.0. The van der Waals surface area contributed by atoms with Crippen molar-refractivity contribution in [2.75, 3.05) is 19.0 Å². The maximum Gasteiger partial charge on any atom is 0.224 e. The zero-order chi connectivity index (χ0) is 16.5. The number of hydrogen-bond acceptors (Lipinski definition) is 6. The minimum atomic E-state index is -0.00872. The van der Waals surface area contributed by atoms with E-state index in [0.717, 1.165) is 25.7 Å². The molecule has 9 heteroatoms. The van der Waals surface area contributed by atoms with Crippen molar-refractivity contribution in [2.24, 2.45) is 5.73 Å². The molecular weight excluding hydrogens is 332 g/mol. The van der Waals surface area contributed by atoms with Crippen LogP contribution in [0.4, 0.5) is 5.69 Å². The van der Waals surface area contributed by atoms with E-state index in [9.17, 15) is 4.79 Å². The van der Waals surface area contributed by atoms with E-state index < -0.39 is 0 Å². The van der Waals surface area contributed by atoms with Gasteiger partial charge in [0.05, 0.1) is 7.11 Å². The first-order valence-electron chi connectivity index (χ1n) is 7.66. The molecule has 0 atom stereocenters. The largest absolute Gasteiger partial charge is 0.494 e. The Kier molecular flexibility index (Phi) is 8.74. The standard InChI is InChI=1S/C15H22N6O2.ClH/c1-23-14-8-7-12(10-13(14)21-11-17-19-20-21)18-15(22)6-4-2-3-5-9-16;/h7-8,10-11H,2-6,9,16H2,1H3,(H,18,22);1H. The van der Waals surface area contributed by atoms with Crippen molar-refractivity contribution in [1.82, 2.24) is 20.2 Å². The zero-order valence-corrected chi connectivity index (χ0v) is 14.5. The zero-order valence-electron chi connectivity index (χ0n) is 13.6. The Balaban J connectivity index is 0.00000288. The van der Waals surface area contributed by atoms with Gasteiger partial charge in [0.2, 0.25) is 5.91 Å². The molecule has 0 bridgehead atoms. The molecule has 2 aromatic rings. The van der Waals surface area contributed by atoms with Crippen LogP contribution >= 0.6 is 12.4 Å². The molecule has 0 aliphatic heterocycles. The average Bonchev–Trinajstić information content (AvgIpc) is 3.09. The highest BCUT2D eigenvalue weighted by Crippen LogP contribution is 2.25. The van der Waals surface area contributed by atoms with Crippen LogP contribution in [0, 0.1) is 0 Å². The highest BCUT2D eigenvalue weighted by Gasteiger charge is 2.10. The van der Waals surface area contributed by atoms with Crippen molar-refractivity contribution >= 4 is 24.0 Å². The van der Waals surface area contributed by atoms with Gasteiger partial charge >= 0.3 is 0 Å². The lowest BCUT2D eigenvalue weighted by Gasteiger charge is -2.11. The molecule has 0 radical (unpaired) electrons. The number of ether oxygens (including phenoxy) is 1. The number of tetrazole rings is 1. The highest BCUT2D eigenvalue weighted by atomic mass is 35.5. The van der Waals surface area contributed by atoms with Crippen LogP contribution < -0.4 is 15.8 Å². The third-order valence-electron chi connectivity index (χ3n) is 3.42. The van der Waals surface area contributed by atoms with Gasteiger partial charge in [0, 0.05) is 12.1 Å². The summed E-state index contributed by atoms with van der Waals surface area (Å²) in [5.41, 5.74) is 6.79. The number of carbonyl (C=O) groups excluding carboxylic acids is 1. The van der Waals surface area contributed by atoms with Gasteiger partial charge < -0.3 is 15.8 Å². The summed E-state index contributed by atoms with van der Waals surface area (Å²) in [6.07, 6.45) is 5.92. The van der Waals surface area contributed by atoms with E-state index >= 15 is 0 Å². The predicted molar refractivity (Wildman–Crippen MR) is 93.7 cm³/mol. The lowest BCUT2D eigenvalue weighted by atomic mass is 10.1. The van der Waals surface area contributed by atoms with Crippen molar-refractivity contribution in [3.8, 4) is 11.4 Å². The van der Waals surface area contributed by atoms with Gasteiger partial charge in [0.25, 0.3) is 0 Å². The molecule has 1 heterocycles. The number of aromatic nitrogens is 4. The number of nitrogens with zero attached hydrogens (tertiary/aromatic N) is 4. The normalized spacial score (nSPS) is 10.1. The summed E-state index contributed by atoms with van der Waals surface area (Å²) in [6.45, 7) is 0.706. The Hall–Kier alpha value is -2.19. The van der Waals surface area contributed by atoms with E-state index in [0.29, 0.717) is 30.1 Å². The monoisotopic (exact) mass is 354 g/mol. The number of hydrogen-bond donors (Lipinski definition) is 2. The molecule has 24 heavy (non-hydrogen) atoms. The Morgan fingerprint density at radius 3 is 2.75 bits per heavy atom. The molecule has 1 aromatic heterocycles. The fraction of sp³-hybridized carbons (Fsp3) is 0.467. The van der Waals surface area contributed by atoms with Crippen LogP contribution in [0.25, 0.3) is 5.69 Å². The van der Waals surface area contributed by atoms with Gasteiger partial charge in [-0.3, -0.25) is 4.79 Å². The van der Waals surface area contributed by atoms with Crippen LogP contribution in [0.5, 0.6) is 5.75 Å². The number of rotatable bonds is 9. The van der Waals surface area contributed by atoms with E-state index in [1.165, 1.54) is 11.0 Å². The minimum absolute atomic E-state index is 0. The smallest absolute Gasteiger partial charge is 0.224 e. The minimum Gasteiger partial charge on any atom is -0.494 e. The second kappa shape index (κ2) is 10.6. The summed E-state index contributed by atoms with van der Waals surface area (Å²) < 4.78 is 6.78. The van der Waals surface area contributed by atoms with Crippen molar-refractivity contribution in [3.63, 3.8) is 0 Å². The van der Waals surface area contributed by atoms with Crippen LogP contribution in [0.15, 0.2) is 24.5 Å². The van der Waals surface area contributed by atoms with Crippen LogP contribution in [0.2, 0.25) is 0 Å². The number of methoxy groups -OCH3 is 1. The van der Waals surface area contributed by atoms with Gasteiger partial charge in [0.1, 0.15) is 17.8 Å². The van der Waals surface area contributed by atoms with E-state index in [4.69, 9.17) is 10.5 Å². The fourth-order valence-electron chi connectivity index (χ4n) is 2.23. The summed E-state index contributed by atoms with van der Waals surface area (Å²) in [5, 5.41) is 14.0. The summed E-state index contributed by atoms with van der Waals surface area (Å²) in [4.78, 5) is 12.0. The summed E-state index contributed by atoms with van der Waals surface area (Å²) in [5.74, 6) is 0.614. The Bertz CT molecular complexity index is 620. The molecule has 0 aliphatic carbocycles. The van der Waals surface area contributed by atoms with Gasteiger partial charge in [-0.25, -0.2) is 0 Å². The summed E-state index contributed by atoms with van der Waals surface area (Å²) >= 11 is 0. The first kappa shape index (κ1) is 19.9. The molecule has 0 saturated heterocycles. The highest BCUT2D eigenvalue weighted by molar-refractivity contribution is 5.91. The van der Waals surface area contributed by atoms with Crippen LogP contribution in [-0.4, -0.2) is 39.8 Å². The van der Waals surface area contributed by atoms with Crippen molar-refractivity contribution in [3.05, 3.63) is 24.5 Å². The number of anilines is 1. The lowest BCUT2D eigenvalue weighted by Crippen LogP contribution is -2.12. The Labute approximate surface area is 147 Å². The second-order valence-corrected chi connectivity index (χ2v) is 5.14. The second-order valence-electron chi connectivity index (χ2n) is 5.14. The number of unbranched alkanes of at least 4 members (excludes halogenated alkanes) is 3. The number of benzene rings is 1. The molecule has 0 saturated carbocycles. The molecule has 0 aliphatic rings. The van der Waals surface area contributed by atoms with E-state index in [1.807, 2.05) is 0 Å². The van der Waals surface area contributed by atoms with E-state index in [2.05, 4.69) is 20.8 Å². The van der Waals surface area contributed by atoms with Gasteiger partial charge in [-0.15, -0.1) is 17.5 Å². The lowest BCUT2D eigenvalue weighted by molar-refractivity contribution is -0.116. The molecule has 0 spiro atoms. The molecule has 2 rings (SSSR count). The SMILES string of the molecule is COc1ccc(NC(=O)CCCCCCN)cc1-n1cnnn1.Cl. The van der Waals surface area contributed by atoms with Crippen molar-refractivity contribution in [1.29, 1.82) is 0 Å². The molecule has 0 unspecified atom stereocenters. The molecular formula is C15H23ClN6O2. The van der Waals surface area contributed by atoms with Gasteiger partial charge in [-0.2, -0.15) is 4.68 Å². The molecule has 0 fully saturated rings. The third kappa shape index (κ3) is 5.78.